The molecule has 4 nitrogen and oxygen atoms in total. The number of hydrogen-bond acceptors (Lipinski definition) is 4. The van der Waals surface area contributed by atoms with Gasteiger partial charge < -0.3 is 4.90 Å². The SMILES string of the molecule is CN(C)CCCN(C(=O)c1cccc(F)c1)c1nc2c(F)cccc2s1.Cl. The van der Waals surface area contributed by atoms with E-state index in [1.54, 1.807) is 18.2 Å². The maximum Gasteiger partial charge on any atom is 0.260 e. The minimum atomic E-state index is -0.473. The molecule has 0 spiro atoms. The zero-order chi connectivity index (χ0) is 18.7. The van der Waals surface area contributed by atoms with Crippen LogP contribution in [0.15, 0.2) is 42.5 Å². The molecule has 0 aliphatic rings. The van der Waals surface area contributed by atoms with Gasteiger partial charge in [-0.15, -0.1) is 12.4 Å². The molecular formula is C19H20ClF2N3OS. The standard InChI is InChI=1S/C19H19F2N3OS.ClH/c1-23(2)10-5-11-24(18(25)13-6-3-7-14(20)12-13)19-22-17-15(21)8-4-9-16(17)26-19;/h3-4,6-9,12H,5,10-11H2,1-2H3;1H. The summed E-state index contributed by atoms with van der Waals surface area (Å²) in [4.78, 5) is 20.8. The average molecular weight is 412 g/mol. The summed E-state index contributed by atoms with van der Waals surface area (Å²) in [5.74, 6) is -1.24. The molecule has 0 unspecified atom stereocenters. The van der Waals surface area contributed by atoms with Crippen LogP contribution in [0.2, 0.25) is 0 Å². The first-order valence-corrected chi connectivity index (χ1v) is 9.04. The molecule has 0 bridgehead atoms. The van der Waals surface area contributed by atoms with E-state index in [2.05, 4.69) is 4.98 Å². The van der Waals surface area contributed by atoms with E-state index in [9.17, 15) is 13.6 Å². The topological polar surface area (TPSA) is 36.4 Å². The summed E-state index contributed by atoms with van der Waals surface area (Å²) in [5.41, 5.74) is 0.492. The number of hydrogen-bond donors (Lipinski definition) is 0. The molecule has 2 aromatic carbocycles. The van der Waals surface area contributed by atoms with Crippen molar-refractivity contribution in [2.75, 3.05) is 32.1 Å². The second-order valence-corrected chi connectivity index (χ2v) is 7.22. The fraction of sp³-hybridized carbons (Fsp3) is 0.263. The molecule has 1 heterocycles. The van der Waals surface area contributed by atoms with Crippen LogP contribution < -0.4 is 4.90 Å². The lowest BCUT2D eigenvalue weighted by Crippen LogP contribution is -2.33. The Hall–Kier alpha value is -2.09. The van der Waals surface area contributed by atoms with E-state index in [-0.39, 0.29) is 29.4 Å². The number of amides is 1. The van der Waals surface area contributed by atoms with Crippen LogP contribution in [0.5, 0.6) is 0 Å². The molecule has 0 aliphatic carbocycles. The van der Waals surface area contributed by atoms with Gasteiger partial charge in [-0.1, -0.05) is 23.5 Å². The number of rotatable bonds is 6. The highest BCUT2D eigenvalue weighted by Gasteiger charge is 2.22. The van der Waals surface area contributed by atoms with Crippen molar-refractivity contribution in [1.82, 2.24) is 9.88 Å². The number of para-hydroxylation sites is 1. The molecule has 0 fully saturated rings. The van der Waals surface area contributed by atoms with Crippen molar-refractivity contribution in [3.63, 3.8) is 0 Å². The lowest BCUT2D eigenvalue weighted by Gasteiger charge is -2.21. The predicted octanol–water partition coefficient (Wildman–Crippen LogP) is 4.59. The van der Waals surface area contributed by atoms with E-state index >= 15 is 0 Å². The van der Waals surface area contributed by atoms with Gasteiger partial charge in [-0.3, -0.25) is 9.69 Å². The molecule has 0 aliphatic heterocycles. The Labute approximate surface area is 166 Å². The van der Waals surface area contributed by atoms with Gasteiger partial charge in [-0.05, 0) is 57.4 Å². The second kappa shape index (κ2) is 9.21. The van der Waals surface area contributed by atoms with Gasteiger partial charge in [0.1, 0.15) is 17.2 Å². The van der Waals surface area contributed by atoms with E-state index in [0.717, 1.165) is 6.54 Å². The minimum absolute atomic E-state index is 0. The van der Waals surface area contributed by atoms with E-state index in [0.29, 0.717) is 22.8 Å². The fourth-order valence-corrected chi connectivity index (χ4v) is 3.63. The molecular weight excluding hydrogens is 392 g/mol. The van der Waals surface area contributed by atoms with Crippen LogP contribution in [-0.2, 0) is 0 Å². The largest absolute Gasteiger partial charge is 0.309 e. The summed E-state index contributed by atoms with van der Waals surface area (Å²) in [6.45, 7) is 1.20. The number of nitrogens with zero attached hydrogens (tertiary/aromatic N) is 3. The van der Waals surface area contributed by atoms with Crippen molar-refractivity contribution in [2.24, 2.45) is 0 Å². The van der Waals surface area contributed by atoms with Crippen molar-refractivity contribution in [2.45, 2.75) is 6.42 Å². The van der Waals surface area contributed by atoms with Crippen LogP contribution >= 0.6 is 23.7 Å². The number of anilines is 1. The van der Waals surface area contributed by atoms with E-state index < -0.39 is 11.6 Å². The quantitative estimate of drug-likeness (QED) is 0.595. The number of carbonyl (C=O) groups excluding carboxylic acids is 1. The van der Waals surface area contributed by atoms with Crippen LogP contribution in [0.1, 0.15) is 16.8 Å². The lowest BCUT2D eigenvalue weighted by molar-refractivity contribution is 0.0985. The van der Waals surface area contributed by atoms with E-state index in [4.69, 9.17) is 0 Å². The summed E-state index contributed by atoms with van der Waals surface area (Å²) < 4.78 is 28.2. The fourth-order valence-electron chi connectivity index (χ4n) is 2.63. The minimum Gasteiger partial charge on any atom is -0.309 e. The molecule has 0 radical (unpaired) electrons. The summed E-state index contributed by atoms with van der Waals surface area (Å²) in [6.07, 6.45) is 0.715. The van der Waals surface area contributed by atoms with Crippen LogP contribution in [0.3, 0.4) is 0 Å². The monoisotopic (exact) mass is 411 g/mol. The number of halogens is 3. The van der Waals surface area contributed by atoms with Gasteiger partial charge in [-0.25, -0.2) is 13.8 Å². The zero-order valence-corrected chi connectivity index (χ0v) is 16.6. The molecule has 0 atom stereocenters. The van der Waals surface area contributed by atoms with Gasteiger partial charge in [0, 0.05) is 12.1 Å². The first kappa shape index (κ1) is 21.2. The normalized spacial score (nSPS) is 10.9. The average Bonchev–Trinajstić information content (AvgIpc) is 3.03. The highest BCUT2D eigenvalue weighted by atomic mass is 35.5. The van der Waals surface area contributed by atoms with Crippen LogP contribution in [0.4, 0.5) is 13.9 Å². The lowest BCUT2D eigenvalue weighted by atomic mass is 10.2. The predicted molar refractivity (Wildman–Crippen MR) is 108 cm³/mol. The Morgan fingerprint density at radius 3 is 2.52 bits per heavy atom. The van der Waals surface area contributed by atoms with Crippen LogP contribution in [0.25, 0.3) is 10.2 Å². The van der Waals surface area contributed by atoms with Crippen molar-refractivity contribution in [3.8, 4) is 0 Å². The maximum atomic E-state index is 14.0. The summed E-state index contributed by atoms with van der Waals surface area (Å²) in [5, 5.41) is 0.415. The third-order valence-electron chi connectivity index (χ3n) is 3.89. The molecule has 0 N–H and O–H groups in total. The Morgan fingerprint density at radius 1 is 1.11 bits per heavy atom. The Morgan fingerprint density at radius 2 is 1.85 bits per heavy atom. The molecule has 0 saturated heterocycles. The first-order chi connectivity index (χ1) is 12.5. The van der Waals surface area contributed by atoms with Crippen molar-refractivity contribution >= 4 is 45.0 Å². The highest BCUT2D eigenvalue weighted by molar-refractivity contribution is 7.22. The maximum absolute atomic E-state index is 14.0. The summed E-state index contributed by atoms with van der Waals surface area (Å²) in [6, 6.07) is 10.3. The van der Waals surface area contributed by atoms with Crippen molar-refractivity contribution in [3.05, 3.63) is 59.7 Å². The van der Waals surface area contributed by atoms with Gasteiger partial charge in [0.05, 0.1) is 4.70 Å². The van der Waals surface area contributed by atoms with E-state index in [1.807, 2.05) is 19.0 Å². The van der Waals surface area contributed by atoms with Crippen molar-refractivity contribution in [1.29, 1.82) is 0 Å². The van der Waals surface area contributed by atoms with Crippen LogP contribution in [-0.4, -0.2) is 43.0 Å². The number of thiazole rings is 1. The number of aromatic nitrogens is 1. The molecule has 1 aromatic heterocycles. The first-order valence-electron chi connectivity index (χ1n) is 8.23. The third-order valence-corrected chi connectivity index (χ3v) is 4.94. The van der Waals surface area contributed by atoms with Gasteiger partial charge in [-0.2, -0.15) is 0 Å². The highest BCUT2D eigenvalue weighted by Crippen LogP contribution is 2.31. The Balaban J connectivity index is 0.00000261. The van der Waals surface area contributed by atoms with Gasteiger partial charge in [0.25, 0.3) is 5.91 Å². The second-order valence-electron chi connectivity index (χ2n) is 6.21. The van der Waals surface area contributed by atoms with E-state index in [1.165, 1.54) is 40.5 Å². The van der Waals surface area contributed by atoms with Gasteiger partial charge >= 0.3 is 0 Å². The molecule has 8 heteroatoms. The Bertz CT molecular complexity index is 932. The molecule has 144 valence electrons. The molecule has 3 rings (SSSR count). The number of carbonyl (C=O) groups is 1. The smallest absolute Gasteiger partial charge is 0.260 e. The molecule has 1 amide bonds. The third kappa shape index (κ3) is 5.00. The number of fused-ring (bicyclic) bond motifs is 1. The van der Waals surface area contributed by atoms with Gasteiger partial charge in [0.2, 0.25) is 0 Å². The summed E-state index contributed by atoms with van der Waals surface area (Å²) >= 11 is 1.25. The molecule has 3 aromatic rings. The zero-order valence-electron chi connectivity index (χ0n) is 15.0. The summed E-state index contributed by atoms with van der Waals surface area (Å²) in [7, 11) is 3.90. The van der Waals surface area contributed by atoms with Gasteiger partial charge in [0.15, 0.2) is 5.13 Å². The molecule has 27 heavy (non-hydrogen) atoms. The van der Waals surface area contributed by atoms with Crippen molar-refractivity contribution < 1.29 is 13.6 Å². The van der Waals surface area contributed by atoms with Crippen LogP contribution in [0, 0.1) is 11.6 Å². The Kier molecular flexibility index (Phi) is 7.24. The molecule has 0 saturated carbocycles. The number of benzene rings is 2.